The molecule has 1 aliphatic heterocycles. The van der Waals surface area contributed by atoms with Crippen LogP contribution in [0.4, 0.5) is 5.69 Å². The highest BCUT2D eigenvalue weighted by Crippen LogP contribution is 2.38. The zero-order valence-electron chi connectivity index (χ0n) is 15.3. The van der Waals surface area contributed by atoms with Crippen molar-refractivity contribution in [3.63, 3.8) is 0 Å². The van der Waals surface area contributed by atoms with Crippen molar-refractivity contribution in [2.24, 2.45) is 11.8 Å². The van der Waals surface area contributed by atoms with Crippen molar-refractivity contribution in [2.75, 3.05) is 18.4 Å². The number of benzene rings is 2. The molecule has 1 fully saturated rings. The van der Waals surface area contributed by atoms with Gasteiger partial charge in [-0.25, -0.2) is 0 Å². The Kier molecular flexibility index (Phi) is 4.27. The maximum atomic E-state index is 12.6. The van der Waals surface area contributed by atoms with E-state index in [-0.39, 0.29) is 17.7 Å². The van der Waals surface area contributed by atoms with E-state index in [1.165, 1.54) is 22.3 Å². The van der Waals surface area contributed by atoms with Gasteiger partial charge in [-0.1, -0.05) is 44.2 Å². The number of likely N-dealkylation sites (tertiary alicyclic amines) is 1. The maximum absolute atomic E-state index is 12.6. The highest BCUT2D eigenvalue weighted by molar-refractivity contribution is 5.98. The number of rotatable bonds is 4. The van der Waals surface area contributed by atoms with E-state index in [1.807, 2.05) is 17.0 Å². The Morgan fingerprint density at radius 3 is 2.73 bits per heavy atom. The molecule has 26 heavy (non-hydrogen) atoms. The van der Waals surface area contributed by atoms with Crippen LogP contribution < -0.4 is 5.32 Å². The fourth-order valence-electron chi connectivity index (χ4n) is 4.01. The van der Waals surface area contributed by atoms with Crippen LogP contribution in [0.3, 0.4) is 0 Å². The Morgan fingerprint density at radius 1 is 1.15 bits per heavy atom. The lowest BCUT2D eigenvalue weighted by Gasteiger charge is -2.18. The van der Waals surface area contributed by atoms with Gasteiger partial charge in [0.25, 0.3) is 0 Å². The first-order valence-corrected chi connectivity index (χ1v) is 9.31. The van der Waals surface area contributed by atoms with Crippen LogP contribution in [0.2, 0.25) is 0 Å². The van der Waals surface area contributed by atoms with E-state index in [4.69, 9.17) is 0 Å². The minimum Gasteiger partial charge on any atom is -0.342 e. The second-order valence-corrected chi connectivity index (χ2v) is 7.79. The lowest BCUT2D eigenvalue weighted by atomic mass is 10.0. The Balaban J connectivity index is 1.48. The van der Waals surface area contributed by atoms with Crippen LogP contribution in [0.5, 0.6) is 0 Å². The highest BCUT2D eigenvalue weighted by atomic mass is 16.2. The van der Waals surface area contributed by atoms with E-state index in [1.54, 1.807) is 0 Å². The molecule has 4 heteroatoms. The maximum Gasteiger partial charge on any atom is 0.229 e. The van der Waals surface area contributed by atoms with Gasteiger partial charge in [-0.05, 0) is 46.7 Å². The smallest absolute Gasteiger partial charge is 0.229 e. The molecule has 1 saturated heterocycles. The predicted octanol–water partition coefficient (Wildman–Crippen LogP) is 3.70. The van der Waals surface area contributed by atoms with E-state index in [2.05, 4.69) is 49.5 Å². The van der Waals surface area contributed by atoms with Crippen LogP contribution in [0.15, 0.2) is 42.5 Å². The summed E-state index contributed by atoms with van der Waals surface area (Å²) in [7, 11) is 0. The highest BCUT2D eigenvalue weighted by Gasteiger charge is 2.34. The van der Waals surface area contributed by atoms with Crippen molar-refractivity contribution in [3.05, 3.63) is 53.6 Å². The zero-order chi connectivity index (χ0) is 18.3. The summed E-state index contributed by atoms with van der Waals surface area (Å²) in [5.74, 6) is 0.178. The topological polar surface area (TPSA) is 49.4 Å². The normalized spacial score (nSPS) is 18.2. The molecule has 2 aliphatic rings. The summed E-state index contributed by atoms with van der Waals surface area (Å²) in [4.78, 5) is 26.6. The van der Waals surface area contributed by atoms with Gasteiger partial charge >= 0.3 is 0 Å². The first kappa shape index (κ1) is 16.8. The number of anilines is 1. The average Bonchev–Trinajstić information content (AvgIpc) is 3.15. The molecule has 2 aromatic rings. The van der Waals surface area contributed by atoms with Crippen LogP contribution in [0.1, 0.15) is 31.4 Å². The summed E-state index contributed by atoms with van der Waals surface area (Å²) in [5.41, 5.74) is 5.88. The van der Waals surface area contributed by atoms with Gasteiger partial charge in [0.1, 0.15) is 0 Å². The van der Waals surface area contributed by atoms with Crippen molar-refractivity contribution in [3.8, 4) is 11.1 Å². The molecule has 2 aromatic carbocycles. The third-order valence-electron chi connectivity index (χ3n) is 5.24. The molecular weight excluding hydrogens is 324 g/mol. The molecule has 4 rings (SSSR count). The molecule has 0 saturated carbocycles. The number of hydrogen-bond acceptors (Lipinski definition) is 2. The minimum absolute atomic E-state index is 0.0594. The molecule has 0 bridgehead atoms. The van der Waals surface area contributed by atoms with Gasteiger partial charge in [0.15, 0.2) is 0 Å². The number of amides is 2. The standard InChI is InChI=1S/C22H24N2O2/c1-14(2)12-24-13-17(10-21(24)25)22(26)23-18-8-7-16-9-15-5-3-4-6-19(15)20(16)11-18/h3-8,11,14,17H,9-10,12-13H2,1-2H3,(H,23,26)/t17-/m1/s1. The number of fused-ring (bicyclic) bond motifs is 3. The minimum atomic E-state index is -0.262. The monoisotopic (exact) mass is 348 g/mol. The second kappa shape index (κ2) is 6.60. The van der Waals surface area contributed by atoms with Crippen LogP contribution in [0, 0.1) is 11.8 Å². The quantitative estimate of drug-likeness (QED) is 0.781. The predicted molar refractivity (Wildman–Crippen MR) is 103 cm³/mol. The summed E-state index contributed by atoms with van der Waals surface area (Å²) < 4.78 is 0. The summed E-state index contributed by atoms with van der Waals surface area (Å²) in [6, 6.07) is 14.5. The third kappa shape index (κ3) is 3.12. The van der Waals surface area contributed by atoms with Gasteiger partial charge in [-0.2, -0.15) is 0 Å². The fourth-order valence-corrected chi connectivity index (χ4v) is 4.01. The molecule has 0 unspecified atom stereocenters. The zero-order valence-corrected chi connectivity index (χ0v) is 15.3. The van der Waals surface area contributed by atoms with Crippen LogP contribution in [0.25, 0.3) is 11.1 Å². The largest absolute Gasteiger partial charge is 0.342 e. The number of nitrogens with zero attached hydrogens (tertiary/aromatic N) is 1. The van der Waals surface area contributed by atoms with Crippen LogP contribution >= 0.6 is 0 Å². The van der Waals surface area contributed by atoms with Crippen LogP contribution in [-0.4, -0.2) is 29.8 Å². The van der Waals surface area contributed by atoms with Gasteiger partial charge in [0, 0.05) is 25.2 Å². The van der Waals surface area contributed by atoms with Gasteiger partial charge in [0.2, 0.25) is 11.8 Å². The molecule has 1 N–H and O–H groups in total. The first-order chi connectivity index (χ1) is 12.5. The van der Waals surface area contributed by atoms with E-state index >= 15 is 0 Å². The molecule has 0 radical (unpaired) electrons. The van der Waals surface area contributed by atoms with Crippen molar-refractivity contribution in [2.45, 2.75) is 26.7 Å². The molecule has 0 aromatic heterocycles. The molecular formula is C22H24N2O2. The molecule has 134 valence electrons. The molecule has 1 heterocycles. The Morgan fingerprint density at radius 2 is 1.92 bits per heavy atom. The van der Waals surface area contributed by atoms with Crippen LogP contribution in [-0.2, 0) is 16.0 Å². The number of carbonyl (C=O) groups excluding carboxylic acids is 2. The van der Waals surface area contributed by atoms with E-state index < -0.39 is 0 Å². The van der Waals surface area contributed by atoms with Gasteiger partial charge in [-0.3, -0.25) is 9.59 Å². The SMILES string of the molecule is CC(C)CN1C[C@H](C(=O)Nc2ccc3c(c2)-c2ccccc2C3)CC1=O. The Bertz CT molecular complexity index is 872. The second-order valence-electron chi connectivity index (χ2n) is 7.79. The Labute approximate surface area is 154 Å². The van der Waals surface area contributed by atoms with E-state index in [0.29, 0.717) is 18.9 Å². The van der Waals surface area contributed by atoms with E-state index in [0.717, 1.165) is 18.7 Å². The van der Waals surface area contributed by atoms with Crippen molar-refractivity contribution in [1.82, 2.24) is 4.90 Å². The summed E-state index contributed by atoms with van der Waals surface area (Å²) in [6.07, 6.45) is 1.26. The molecule has 2 amide bonds. The molecule has 4 nitrogen and oxygen atoms in total. The van der Waals surface area contributed by atoms with Crippen molar-refractivity contribution >= 4 is 17.5 Å². The number of hydrogen-bond donors (Lipinski definition) is 1. The van der Waals surface area contributed by atoms with Crippen molar-refractivity contribution < 1.29 is 9.59 Å². The molecule has 0 spiro atoms. The molecule has 1 aliphatic carbocycles. The summed E-state index contributed by atoms with van der Waals surface area (Å²) in [5, 5.41) is 3.02. The van der Waals surface area contributed by atoms with Gasteiger partial charge in [0.05, 0.1) is 5.92 Å². The Hall–Kier alpha value is -2.62. The molecule has 1 atom stereocenters. The van der Waals surface area contributed by atoms with Crippen molar-refractivity contribution in [1.29, 1.82) is 0 Å². The lowest BCUT2D eigenvalue weighted by Crippen LogP contribution is -2.31. The summed E-state index contributed by atoms with van der Waals surface area (Å²) in [6.45, 7) is 5.42. The van der Waals surface area contributed by atoms with Gasteiger partial charge in [-0.15, -0.1) is 0 Å². The average molecular weight is 348 g/mol. The fraction of sp³-hybridized carbons (Fsp3) is 0.364. The van der Waals surface area contributed by atoms with Gasteiger partial charge < -0.3 is 10.2 Å². The number of nitrogens with one attached hydrogen (secondary N) is 1. The number of carbonyl (C=O) groups is 2. The summed E-state index contributed by atoms with van der Waals surface area (Å²) >= 11 is 0. The van der Waals surface area contributed by atoms with E-state index in [9.17, 15) is 9.59 Å². The lowest BCUT2D eigenvalue weighted by molar-refractivity contribution is -0.128. The first-order valence-electron chi connectivity index (χ1n) is 9.31. The third-order valence-corrected chi connectivity index (χ3v) is 5.24.